The van der Waals surface area contributed by atoms with Crippen LogP contribution >= 0.6 is 0 Å². The average Bonchev–Trinajstić information content (AvgIpc) is 2.59. The molecule has 1 aliphatic heterocycles. The molecule has 2 heterocycles. The van der Waals surface area contributed by atoms with Crippen molar-refractivity contribution in [3.8, 4) is 0 Å². The van der Waals surface area contributed by atoms with Gasteiger partial charge in [0.15, 0.2) is 5.43 Å². The lowest BCUT2D eigenvalue weighted by molar-refractivity contribution is -0.144. The van der Waals surface area contributed by atoms with Crippen molar-refractivity contribution in [3.63, 3.8) is 0 Å². The van der Waals surface area contributed by atoms with Crippen LogP contribution in [-0.2, 0) is 27.4 Å². The molecular formula is C18H25N3O4. The van der Waals surface area contributed by atoms with Crippen molar-refractivity contribution in [2.75, 3.05) is 13.2 Å². The van der Waals surface area contributed by atoms with E-state index >= 15 is 0 Å². The summed E-state index contributed by atoms with van der Waals surface area (Å²) >= 11 is 0. The maximum Gasteiger partial charge on any atom is 0.310 e. The fraction of sp³-hybridized carbons (Fsp3) is 0.500. The molecule has 0 radical (unpaired) electrons. The zero-order valence-electron chi connectivity index (χ0n) is 15.0. The monoisotopic (exact) mass is 347 g/mol. The van der Waals surface area contributed by atoms with Gasteiger partial charge in [-0.3, -0.25) is 19.4 Å². The van der Waals surface area contributed by atoms with Crippen molar-refractivity contribution < 1.29 is 14.3 Å². The Morgan fingerprint density at radius 3 is 2.76 bits per heavy atom. The molecule has 1 aliphatic rings. The second-order valence-corrected chi connectivity index (χ2v) is 5.95. The van der Waals surface area contributed by atoms with Gasteiger partial charge in [0.1, 0.15) is 0 Å². The predicted molar refractivity (Wildman–Crippen MR) is 93.5 cm³/mol. The first-order valence-electron chi connectivity index (χ1n) is 8.54. The molecular weight excluding hydrogens is 322 g/mol. The lowest BCUT2D eigenvalue weighted by atomic mass is 9.99. The Hall–Kier alpha value is -2.41. The Morgan fingerprint density at radius 2 is 2.08 bits per heavy atom. The maximum absolute atomic E-state index is 12.6. The summed E-state index contributed by atoms with van der Waals surface area (Å²) < 4.78 is 6.85. The van der Waals surface area contributed by atoms with E-state index in [4.69, 9.17) is 4.74 Å². The molecule has 136 valence electrons. The fourth-order valence-corrected chi connectivity index (χ4v) is 2.70. The Balaban J connectivity index is 2.05. The van der Waals surface area contributed by atoms with Crippen LogP contribution in [0.4, 0.5) is 0 Å². The highest BCUT2D eigenvalue weighted by Crippen LogP contribution is 2.21. The van der Waals surface area contributed by atoms with Gasteiger partial charge in [0, 0.05) is 49.2 Å². The number of ether oxygens (including phenoxy) is 1. The third kappa shape index (κ3) is 4.79. The van der Waals surface area contributed by atoms with Gasteiger partial charge in [0.2, 0.25) is 0 Å². The Labute approximate surface area is 147 Å². The minimum atomic E-state index is -0.402. The number of rotatable bonds is 7. The summed E-state index contributed by atoms with van der Waals surface area (Å²) in [6, 6.07) is 1.52. The largest absolute Gasteiger partial charge is 0.466 e. The number of hydrazine groups is 1. The molecule has 0 fully saturated rings. The van der Waals surface area contributed by atoms with Crippen LogP contribution in [0.15, 0.2) is 34.4 Å². The SMILES string of the molecule is CCOC(=O)CC1=C(C)CCN(NCc2cn(CC)ccc2=O)C1=O. The molecule has 0 saturated carbocycles. The van der Waals surface area contributed by atoms with E-state index in [0.717, 1.165) is 12.1 Å². The molecule has 0 atom stereocenters. The summed E-state index contributed by atoms with van der Waals surface area (Å²) in [6.07, 6.45) is 4.18. The zero-order chi connectivity index (χ0) is 18.4. The number of aromatic nitrogens is 1. The van der Waals surface area contributed by atoms with Gasteiger partial charge in [0.05, 0.1) is 13.0 Å². The highest BCUT2D eigenvalue weighted by Gasteiger charge is 2.27. The summed E-state index contributed by atoms with van der Waals surface area (Å²) in [5, 5.41) is 1.48. The normalized spacial score (nSPS) is 14.8. The third-order valence-electron chi connectivity index (χ3n) is 4.24. The highest BCUT2D eigenvalue weighted by atomic mass is 16.5. The zero-order valence-corrected chi connectivity index (χ0v) is 15.0. The van der Waals surface area contributed by atoms with Crippen molar-refractivity contribution in [2.45, 2.75) is 46.7 Å². The minimum Gasteiger partial charge on any atom is -0.466 e. The number of carbonyl (C=O) groups excluding carboxylic acids is 2. The van der Waals surface area contributed by atoms with Gasteiger partial charge >= 0.3 is 5.97 Å². The van der Waals surface area contributed by atoms with Gasteiger partial charge in [-0.25, -0.2) is 5.43 Å². The van der Waals surface area contributed by atoms with Gasteiger partial charge in [0.25, 0.3) is 5.91 Å². The molecule has 7 nitrogen and oxygen atoms in total. The summed E-state index contributed by atoms with van der Waals surface area (Å²) in [6.45, 7) is 7.41. The molecule has 0 unspecified atom stereocenters. The van der Waals surface area contributed by atoms with E-state index in [9.17, 15) is 14.4 Å². The van der Waals surface area contributed by atoms with Crippen molar-refractivity contribution in [1.29, 1.82) is 0 Å². The van der Waals surface area contributed by atoms with Gasteiger partial charge in [-0.15, -0.1) is 0 Å². The van der Waals surface area contributed by atoms with Crippen molar-refractivity contribution in [3.05, 3.63) is 45.4 Å². The second kappa shape index (κ2) is 8.62. The number of aryl methyl sites for hydroxylation is 1. The lowest BCUT2D eigenvalue weighted by Gasteiger charge is -2.29. The quantitative estimate of drug-likeness (QED) is 0.754. The molecule has 2 rings (SSSR count). The van der Waals surface area contributed by atoms with Crippen molar-refractivity contribution in [2.24, 2.45) is 0 Å². The van der Waals surface area contributed by atoms with Gasteiger partial charge in [-0.05, 0) is 27.2 Å². The van der Waals surface area contributed by atoms with E-state index < -0.39 is 5.97 Å². The molecule has 0 spiro atoms. The molecule has 25 heavy (non-hydrogen) atoms. The number of nitrogens with zero attached hydrogens (tertiary/aromatic N) is 2. The molecule has 7 heteroatoms. The predicted octanol–water partition coefficient (Wildman–Crippen LogP) is 1.37. The van der Waals surface area contributed by atoms with Crippen LogP contribution in [0.25, 0.3) is 0 Å². The van der Waals surface area contributed by atoms with Crippen LogP contribution in [0.5, 0.6) is 0 Å². The molecule has 1 N–H and O–H groups in total. The van der Waals surface area contributed by atoms with E-state index in [1.54, 1.807) is 19.3 Å². The van der Waals surface area contributed by atoms with E-state index in [2.05, 4.69) is 5.43 Å². The maximum atomic E-state index is 12.6. The summed E-state index contributed by atoms with van der Waals surface area (Å²) in [7, 11) is 0. The smallest absolute Gasteiger partial charge is 0.310 e. The van der Waals surface area contributed by atoms with E-state index in [-0.39, 0.29) is 24.3 Å². The number of amides is 1. The molecule has 0 saturated heterocycles. The lowest BCUT2D eigenvalue weighted by Crippen LogP contribution is -2.47. The summed E-state index contributed by atoms with van der Waals surface area (Å²) in [5.74, 6) is -0.635. The average molecular weight is 347 g/mol. The van der Waals surface area contributed by atoms with Gasteiger partial charge < -0.3 is 9.30 Å². The fourth-order valence-electron chi connectivity index (χ4n) is 2.70. The van der Waals surface area contributed by atoms with Crippen LogP contribution in [0, 0.1) is 0 Å². The van der Waals surface area contributed by atoms with E-state index in [1.165, 1.54) is 11.1 Å². The second-order valence-electron chi connectivity index (χ2n) is 5.95. The highest BCUT2D eigenvalue weighted by molar-refractivity contribution is 5.98. The van der Waals surface area contributed by atoms with E-state index in [1.807, 2.05) is 18.4 Å². The Bertz CT molecular complexity index is 736. The number of hydrogen-bond donors (Lipinski definition) is 1. The molecule has 0 aromatic carbocycles. The van der Waals surface area contributed by atoms with Gasteiger partial charge in [-0.1, -0.05) is 5.57 Å². The standard InChI is InChI=1S/C18H25N3O4/c1-4-20-8-7-16(22)14(12-20)11-19-21-9-6-13(3)15(18(21)24)10-17(23)25-5-2/h7-8,12,19H,4-6,9-11H2,1-3H3. The van der Waals surface area contributed by atoms with Crippen LogP contribution in [0.2, 0.25) is 0 Å². The Kier molecular flexibility index (Phi) is 6.52. The molecule has 1 aromatic heterocycles. The van der Waals surface area contributed by atoms with Crippen LogP contribution < -0.4 is 10.9 Å². The molecule has 0 bridgehead atoms. The topological polar surface area (TPSA) is 80.6 Å². The minimum absolute atomic E-state index is 0.0232. The van der Waals surface area contributed by atoms with Crippen molar-refractivity contribution in [1.82, 2.24) is 15.0 Å². The number of pyridine rings is 1. The first-order chi connectivity index (χ1) is 12.0. The first kappa shape index (κ1) is 18.9. The molecule has 1 aromatic rings. The summed E-state index contributed by atoms with van der Waals surface area (Å²) in [5.41, 5.74) is 4.92. The van der Waals surface area contributed by atoms with Gasteiger partial charge in [-0.2, -0.15) is 0 Å². The number of nitrogens with one attached hydrogen (secondary N) is 1. The number of carbonyl (C=O) groups is 2. The molecule has 1 amide bonds. The summed E-state index contributed by atoms with van der Waals surface area (Å²) in [4.78, 5) is 36.3. The molecule has 0 aliphatic carbocycles. The van der Waals surface area contributed by atoms with Crippen molar-refractivity contribution >= 4 is 11.9 Å². The van der Waals surface area contributed by atoms with E-state index in [0.29, 0.717) is 30.7 Å². The van der Waals surface area contributed by atoms with Crippen LogP contribution in [-0.4, -0.2) is 34.6 Å². The number of hydrogen-bond acceptors (Lipinski definition) is 5. The van der Waals surface area contributed by atoms with Crippen LogP contribution in [0.3, 0.4) is 0 Å². The number of esters is 1. The van der Waals surface area contributed by atoms with Crippen LogP contribution in [0.1, 0.15) is 39.2 Å². The third-order valence-corrected chi connectivity index (χ3v) is 4.24. The Morgan fingerprint density at radius 1 is 1.32 bits per heavy atom. The first-order valence-corrected chi connectivity index (χ1v) is 8.54.